The highest BCUT2D eigenvalue weighted by atomic mass is 16.6. The zero-order chi connectivity index (χ0) is 9.65. The smallest absolute Gasteiger partial charge is 0.113 e. The van der Waals surface area contributed by atoms with Gasteiger partial charge in [0.1, 0.15) is 5.60 Å². The van der Waals surface area contributed by atoms with Crippen molar-refractivity contribution in [3.05, 3.63) is 35.9 Å². The van der Waals surface area contributed by atoms with E-state index >= 15 is 0 Å². The van der Waals surface area contributed by atoms with Crippen molar-refractivity contribution in [3.63, 3.8) is 0 Å². The Bertz CT molecular complexity index is 339. The fourth-order valence-corrected chi connectivity index (χ4v) is 2.17. The van der Waals surface area contributed by atoms with Crippen molar-refractivity contribution in [3.8, 4) is 0 Å². The van der Waals surface area contributed by atoms with E-state index in [4.69, 9.17) is 10.5 Å². The van der Waals surface area contributed by atoms with Crippen LogP contribution in [0.15, 0.2) is 30.3 Å². The molecule has 1 aliphatic heterocycles. The van der Waals surface area contributed by atoms with Gasteiger partial charge in [-0.2, -0.15) is 0 Å². The molecule has 1 saturated heterocycles. The maximum atomic E-state index is 6.21. The molecule has 1 aliphatic carbocycles. The van der Waals surface area contributed by atoms with Crippen LogP contribution in [0.1, 0.15) is 18.4 Å². The Labute approximate surface area is 84.1 Å². The molecule has 1 saturated carbocycles. The predicted molar refractivity (Wildman–Crippen MR) is 55.0 cm³/mol. The van der Waals surface area contributed by atoms with Gasteiger partial charge in [-0.15, -0.1) is 0 Å². The number of hydrogen-bond donors (Lipinski definition) is 1. The minimum atomic E-state index is -0.0195. The zero-order valence-corrected chi connectivity index (χ0v) is 8.20. The van der Waals surface area contributed by atoms with Gasteiger partial charge < -0.3 is 10.5 Å². The molecule has 0 amide bonds. The molecule has 1 unspecified atom stereocenters. The molecule has 2 aliphatic rings. The third-order valence-corrected chi connectivity index (χ3v) is 3.52. The van der Waals surface area contributed by atoms with E-state index in [9.17, 15) is 0 Å². The summed E-state index contributed by atoms with van der Waals surface area (Å²) in [5, 5.41) is 0. The second-order valence-corrected chi connectivity index (χ2v) is 4.60. The molecule has 2 heteroatoms. The molecule has 14 heavy (non-hydrogen) atoms. The van der Waals surface area contributed by atoms with E-state index in [0.717, 1.165) is 25.9 Å². The minimum absolute atomic E-state index is 0.0111. The van der Waals surface area contributed by atoms with E-state index < -0.39 is 0 Å². The largest absolute Gasteiger partial charge is 0.367 e. The van der Waals surface area contributed by atoms with Crippen molar-refractivity contribution in [1.82, 2.24) is 0 Å². The molecule has 0 aromatic heterocycles. The predicted octanol–water partition coefficient (Wildman–Crippen LogP) is 1.49. The monoisotopic (exact) mass is 189 g/mol. The molecule has 2 fully saturated rings. The summed E-state index contributed by atoms with van der Waals surface area (Å²) in [5.74, 6) is 0. The van der Waals surface area contributed by atoms with Gasteiger partial charge in [0.25, 0.3) is 0 Å². The number of rotatable bonds is 3. The maximum absolute atomic E-state index is 6.21. The van der Waals surface area contributed by atoms with Crippen LogP contribution in [0.2, 0.25) is 0 Å². The first-order valence-electron chi connectivity index (χ1n) is 5.21. The average Bonchev–Trinajstić information content (AvgIpc) is 3.07. The van der Waals surface area contributed by atoms with Crippen molar-refractivity contribution in [2.24, 2.45) is 5.73 Å². The van der Waals surface area contributed by atoms with Crippen molar-refractivity contribution in [2.75, 3.05) is 6.61 Å². The molecule has 0 bridgehead atoms. The van der Waals surface area contributed by atoms with Crippen LogP contribution in [0.5, 0.6) is 0 Å². The Morgan fingerprint density at radius 2 is 1.86 bits per heavy atom. The fraction of sp³-hybridized carbons (Fsp3) is 0.500. The lowest BCUT2D eigenvalue weighted by Crippen LogP contribution is -2.42. The topological polar surface area (TPSA) is 38.5 Å². The van der Waals surface area contributed by atoms with E-state index in [1.165, 1.54) is 5.56 Å². The lowest BCUT2D eigenvalue weighted by Gasteiger charge is -2.18. The summed E-state index contributed by atoms with van der Waals surface area (Å²) in [6.07, 6.45) is 3.23. The van der Waals surface area contributed by atoms with Crippen LogP contribution in [0.25, 0.3) is 0 Å². The van der Waals surface area contributed by atoms with E-state index in [1.807, 2.05) is 6.07 Å². The Morgan fingerprint density at radius 1 is 1.21 bits per heavy atom. The van der Waals surface area contributed by atoms with E-state index in [2.05, 4.69) is 24.3 Å². The van der Waals surface area contributed by atoms with Gasteiger partial charge in [-0.25, -0.2) is 0 Å². The number of benzene rings is 1. The summed E-state index contributed by atoms with van der Waals surface area (Å²) in [7, 11) is 0. The first kappa shape index (κ1) is 8.45. The molecule has 0 radical (unpaired) electrons. The van der Waals surface area contributed by atoms with E-state index in [1.54, 1.807) is 0 Å². The zero-order valence-electron chi connectivity index (χ0n) is 8.20. The number of epoxide rings is 1. The Kier molecular flexibility index (Phi) is 1.56. The van der Waals surface area contributed by atoms with Gasteiger partial charge in [-0.3, -0.25) is 0 Å². The lowest BCUT2D eigenvalue weighted by atomic mass is 9.91. The molecule has 1 aromatic carbocycles. The summed E-state index contributed by atoms with van der Waals surface area (Å²) < 4.78 is 5.60. The third-order valence-electron chi connectivity index (χ3n) is 3.52. The van der Waals surface area contributed by atoms with Crippen molar-refractivity contribution >= 4 is 0 Å². The summed E-state index contributed by atoms with van der Waals surface area (Å²) in [4.78, 5) is 0. The average molecular weight is 189 g/mol. The normalized spacial score (nSPS) is 32.6. The highest BCUT2D eigenvalue weighted by Crippen LogP contribution is 2.52. The Morgan fingerprint density at radius 3 is 2.36 bits per heavy atom. The Hall–Kier alpha value is -0.860. The van der Waals surface area contributed by atoms with Crippen molar-refractivity contribution < 1.29 is 4.74 Å². The quantitative estimate of drug-likeness (QED) is 0.732. The highest BCUT2D eigenvalue weighted by Gasteiger charge is 2.65. The number of nitrogens with two attached hydrogens (primary N) is 1. The van der Waals surface area contributed by atoms with Crippen LogP contribution < -0.4 is 5.73 Å². The summed E-state index contributed by atoms with van der Waals surface area (Å²) in [6, 6.07) is 10.5. The van der Waals surface area contributed by atoms with Crippen molar-refractivity contribution in [2.45, 2.75) is 30.4 Å². The molecule has 1 heterocycles. The van der Waals surface area contributed by atoms with Gasteiger partial charge in [0.15, 0.2) is 0 Å². The number of hydrogen-bond acceptors (Lipinski definition) is 2. The minimum Gasteiger partial charge on any atom is -0.367 e. The van der Waals surface area contributed by atoms with Crippen LogP contribution in [-0.2, 0) is 11.2 Å². The summed E-state index contributed by atoms with van der Waals surface area (Å²) in [6.45, 7) is 0.846. The van der Waals surface area contributed by atoms with Gasteiger partial charge in [0.2, 0.25) is 0 Å². The summed E-state index contributed by atoms with van der Waals surface area (Å²) >= 11 is 0. The molecule has 74 valence electrons. The van der Waals surface area contributed by atoms with Crippen LogP contribution in [0.3, 0.4) is 0 Å². The van der Waals surface area contributed by atoms with Crippen LogP contribution in [0, 0.1) is 0 Å². The van der Waals surface area contributed by atoms with Gasteiger partial charge in [-0.1, -0.05) is 30.3 Å². The second-order valence-electron chi connectivity index (χ2n) is 4.60. The molecule has 1 aromatic rings. The van der Waals surface area contributed by atoms with Crippen LogP contribution >= 0.6 is 0 Å². The van der Waals surface area contributed by atoms with Gasteiger partial charge in [0.05, 0.1) is 6.61 Å². The second kappa shape index (κ2) is 2.59. The van der Waals surface area contributed by atoms with Crippen LogP contribution in [-0.4, -0.2) is 17.7 Å². The van der Waals surface area contributed by atoms with Gasteiger partial charge in [-0.05, 0) is 18.4 Å². The van der Waals surface area contributed by atoms with Crippen molar-refractivity contribution in [1.29, 1.82) is 0 Å². The fourth-order valence-electron chi connectivity index (χ4n) is 2.17. The third kappa shape index (κ3) is 1.18. The van der Waals surface area contributed by atoms with Gasteiger partial charge in [0, 0.05) is 12.0 Å². The molecule has 3 rings (SSSR count). The summed E-state index contributed by atoms with van der Waals surface area (Å²) in [5.41, 5.74) is 7.51. The van der Waals surface area contributed by atoms with E-state index in [0.29, 0.717) is 0 Å². The lowest BCUT2D eigenvalue weighted by molar-refractivity contribution is 0.249. The first-order valence-corrected chi connectivity index (χ1v) is 5.21. The first-order chi connectivity index (χ1) is 6.74. The standard InChI is InChI=1S/C12H15NO/c13-11(6-7-11)12(9-14-12)8-10-4-2-1-3-5-10/h1-5H,6-9,13H2. The molecule has 2 N–H and O–H groups in total. The molecule has 2 nitrogen and oxygen atoms in total. The SMILES string of the molecule is NC1(C2(Cc3ccccc3)CO2)CC1. The van der Waals surface area contributed by atoms with Gasteiger partial charge >= 0.3 is 0 Å². The number of ether oxygens (including phenoxy) is 1. The highest BCUT2D eigenvalue weighted by molar-refractivity contribution is 5.27. The molecule has 1 atom stereocenters. The van der Waals surface area contributed by atoms with E-state index in [-0.39, 0.29) is 11.1 Å². The molecular weight excluding hydrogens is 174 g/mol. The molecule has 0 spiro atoms. The molecular formula is C12H15NO. The maximum Gasteiger partial charge on any atom is 0.113 e. The Balaban J connectivity index is 1.79. The van der Waals surface area contributed by atoms with Crippen LogP contribution in [0.4, 0.5) is 0 Å².